The lowest BCUT2D eigenvalue weighted by Gasteiger charge is -2.32. The molecule has 2 aromatic rings. The van der Waals surface area contributed by atoms with Crippen LogP contribution in [-0.2, 0) is 0 Å². The number of hydrogen-bond donors (Lipinski definition) is 1. The number of hydrogen-bond acceptors (Lipinski definition) is 2. The molecule has 0 amide bonds. The molecular formula is C16H17F3N2. The van der Waals surface area contributed by atoms with Crippen molar-refractivity contribution < 1.29 is 13.2 Å². The summed E-state index contributed by atoms with van der Waals surface area (Å²) in [5.74, 6) is -1.44. The standard InChI is InChI=1S/C16H17F3N2/c1-2-21(13-5-3-4-11(17)8-13)16(10-20)14-9-12(18)6-7-15(14)19/h3-9,16H,2,10,20H2,1H3. The SMILES string of the molecule is CCN(c1cccc(F)c1)C(CN)c1cc(F)ccc1F. The van der Waals surface area contributed by atoms with Gasteiger partial charge < -0.3 is 10.6 Å². The van der Waals surface area contributed by atoms with Crippen molar-refractivity contribution in [2.45, 2.75) is 13.0 Å². The van der Waals surface area contributed by atoms with Crippen LogP contribution in [0.15, 0.2) is 42.5 Å². The monoisotopic (exact) mass is 294 g/mol. The zero-order valence-corrected chi connectivity index (χ0v) is 11.7. The molecule has 112 valence electrons. The molecule has 0 heterocycles. The zero-order valence-electron chi connectivity index (χ0n) is 11.7. The summed E-state index contributed by atoms with van der Waals surface area (Å²) in [6, 6.07) is 8.68. The highest BCUT2D eigenvalue weighted by Gasteiger charge is 2.22. The smallest absolute Gasteiger partial charge is 0.128 e. The molecule has 1 atom stereocenters. The largest absolute Gasteiger partial charge is 0.363 e. The van der Waals surface area contributed by atoms with E-state index >= 15 is 0 Å². The maximum Gasteiger partial charge on any atom is 0.128 e. The molecule has 0 spiro atoms. The van der Waals surface area contributed by atoms with Gasteiger partial charge in [-0.25, -0.2) is 13.2 Å². The second-order valence-electron chi connectivity index (χ2n) is 4.68. The summed E-state index contributed by atoms with van der Waals surface area (Å²) in [7, 11) is 0. The van der Waals surface area contributed by atoms with Gasteiger partial charge in [0, 0.05) is 24.3 Å². The molecule has 2 N–H and O–H groups in total. The molecule has 2 nitrogen and oxygen atoms in total. The predicted octanol–water partition coefficient (Wildman–Crippen LogP) is 3.63. The summed E-state index contributed by atoms with van der Waals surface area (Å²) in [5, 5.41) is 0. The van der Waals surface area contributed by atoms with Crippen LogP contribution in [0.4, 0.5) is 18.9 Å². The molecule has 0 radical (unpaired) electrons. The Morgan fingerprint density at radius 3 is 2.38 bits per heavy atom. The summed E-state index contributed by atoms with van der Waals surface area (Å²) in [6.45, 7) is 2.43. The third kappa shape index (κ3) is 3.36. The summed E-state index contributed by atoms with van der Waals surface area (Å²) in [6.07, 6.45) is 0. The fraction of sp³-hybridized carbons (Fsp3) is 0.250. The van der Waals surface area contributed by atoms with Gasteiger partial charge in [0.05, 0.1) is 6.04 Å². The van der Waals surface area contributed by atoms with Crippen molar-refractivity contribution in [1.82, 2.24) is 0 Å². The van der Waals surface area contributed by atoms with Gasteiger partial charge in [0.25, 0.3) is 0 Å². The molecule has 0 aromatic heterocycles. The predicted molar refractivity (Wildman–Crippen MR) is 77.6 cm³/mol. The Kier molecular flexibility index (Phi) is 4.85. The molecule has 0 aliphatic rings. The second-order valence-corrected chi connectivity index (χ2v) is 4.68. The van der Waals surface area contributed by atoms with E-state index in [1.54, 1.807) is 17.0 Å². The topological polar surface area (TPSA) is 29.3 Å². The summed E-state index contributed by atoms with van der Waals surface area (Å²) in [4.78, 5) is 1.75. The number of halogens is 3. The van der Waals surface area contributed by atoms with Crippen molar-refractivity contribution in [3.05, 3.63) is 65.5 Å². The molecule has 0 saturated carbocycles. The quantitative estimate of drug-likeness (QED) is 0.912. The highest BCUT2D eigenvalue weighted by atomic mass is 19.1. The van der Waals surface area contributed by atoms with Crippen LogP contribution in [0, 0.1) is 17.5 Å². The van der Waals surface area contributed by atoms with E-state index in [-0.39, 0.29) is 17.9 Å². The Balaban J connectivity index is 2.44. The minimum atomic E-state index is -0.563. The van der Waals surface area contributed by atoms with Crippen LogP contribution < -0.4 is 10.6 Å². The lowest BCUT2D eigenvalue weighted by molar-refractivity contribution is 0.546. The van der Waals surface area contributed by atoms with Crippen LogP contribution in [0.25, 0.3) is 0 Å². The molecule has 0 aliphatic carbocycles. The van der Waals surface area contributed by atoms with Gasteiger partial charge in [-0.2, -0.15) is 0 Å². The highest BCUT2D eigenvalue weighted by Crippen LogP contribution is 2.28. The molecule has 21 heavy (non-hydrogen) atoms. The molecule has 1 unspecified atom stereocenters. The number of benzene rings is 2. The van der Waals surface area contributed by atoms with Gasteiger partial charge in [0.15, 0.2) is 0 Å². The zero-order chi connectivity index (χ0) is 15.4. The van der Waals surface area contributed by atoms with E-state index in [9.17, 15) is 13.2 Å². The third-order valence-corrected chi connectivity index (χ3v) is 3.40. The Morgan fingerprint density at radius 1 is 1.05 bits per heavy atom. The molecule has 2 rings (SSSR count). The number of anilines is 1. The minimum Gasteiger partial charge on any atom is -0.363 e. The van der Waals surface area contributed by atoms with E-state index in [1.807, 2.05) is 6.92 Å². The average Bonchev–Trinajstić information content (AvgIpc) is 2.47. The Morgan fingerprint density at radius 2 is 1.76 bits per heavy atom. The van der Waals surface area contributed by atoms with E-state index in [4.69, 9.17) is 5.73 Å². The normalized spacial score (nSPS) is 12.2. The number of nitrogens with zero attached hydrogens (tertiary/aromatic N) is 1. The first-order chi connectivity index (χ1) is 10.1. The Bertz CT molecular complexity index is 616. The van der Waals surface area contributed by atoms with E-state index < -0.39 is 17.7 Å². The number of rotatable bonds is 5. The molecule has 0 aliphatic heterocycles. The van der Waals surface area contributed by atoms with Crippen molar-refractivity contribution in [2.75, 3.05) is 18.0 Å². The highest BCUT2D eigenvalue weighted by molar-refractivity contribution is 5.49. The summed E-state index contributed by atoms with van der Waals surface area (Å²) < 4.78 is 40.8. The van der Waals surface area contributed by atoms with Crippen molar-refractivity contribution >= 4 is 5.69 Å². The van der Waals surface area contributed by atoms with Gasteiger partial charge in [0.2, 0.25) is 0 Å². The average molecular weight is 294 g/mol. The fourth-order valence-electron chi connectivity index (χ4n) is 2.43. The molecule has 0 saturated heterocycles. The maximum absolute atomic E-state index is 14.0. The van der Waals surface area contributed by atoms with Crippen molar-refractivity contribution in [2.24, 2.45) is 5.73 Å². The van der Waals surface area contributed by atoms with E-state index in [0.29, 0.717) is 12.2 Å². The van der Waals surface area contributed by atoms with Crippen molar-refractivity contribution in [3.63, 3.8) is 0 Å². The van der Waals surface area contributed by atoms with E-state index in [0.717, 1.165) is 18.2 Å². The Hall–Kier alpha value is -2.01. The first-order valence-corrected chi connectivity index (χ1v) is 6.74. The summed E-state index contributed by atoms with van der Waals surface area (Å²) in [5.41, 5.74) is 6.50. The fourth-order valence-corrected chi connectivity index (χ4v) is 2.43. The first-order valence-electron chi connectivity index (χ1n) is 6.74. The third-order valence-electron chi connectivity index (χ3n) is 3.40. The van der Waals surface area contributed by atoms with Crippen LogP contribution in [0.5, 0.6) is 0 Å². The van der Waals surface area contributed by atoms with Crippen molar-refractivity contribution in [1.29, 1.82) is 0 Å². The minimum absolute atomic E-state index is 0.0880. The van der Waals surface area contributed by atoms with Gasteiger partial charge in [-0.15, -0.1) is 0 Å². The van der Waals surface area contributed by atoms with Crippen LogP contribution in [0.2, 0.25) is 0 Å². The summed E-state index contributed by atoms with van der Waals surface area (Å²) >= 11 is 0. The molecule has 5 heteroatoms. The van der Waals surface area contributed by atoms with Crippen molar-refractivity contribution in [3.8, 4) is 0 Å². The van der Waals surface area contributed by atoms with Crippen LogP contribution in [0.3, 0.4) is 0 Å². The van der Waals surface area contributed by atoms with Crippen LogP contribution >= 0.6 is 0 Å². The second kappa shape index (κ2) is 6.63. The molecule has 0 fully saturated rings. The van der Waals surface area contributed by atoms with Crippen LogP contribution in [0.1, 0.15) is 18.5 Å². The van der Waals surface area contributed by atoms with Gasteiger partial charge in [-0.05, 0) is 43.3 Å². The van der Waals surface area contributed by atoms with Gasteiger partial charge in [0.1, 0.15) is 17.5 Å². The van der Waals surface area contributed by atoms with E-state index in [1.165, 1.54) is 12.1 Å². The van der Waals surface area contributed by atoms with Gasteiger partial charge in [-0.3, -0.25) is 0 Å². The van der Waals surface area contributed by atoms with Gasteiger partial charge >= 0.3 is 0 Å². The maximum atomic E-state index is 14.0. The number of likely N-dealkylation sites (N-methyl/N-ethyl adjacent to an activating group) is 1. The van der Waals surface area contributed by atoms with E-state index in [2.05, 4.69) is 0 Å². The van der Waals surface area contributed by atoms with Crippen LogP contribution in [-0.4, -0.2) is 13.1 Å². The molecule has 2 aromatic carbocycles. The Labute approximate surface area is 122 Å². The first kappa shape index (κ1) is 15.4. The number of nitrogens with two attached hydrogens (primary N) is 1. The lowest BCUT2D eigenvalue weighted by Crippen LogP contribution is -2.34. The lowest BCUT2D eigenvalue weighted by atomic mass is 10.0. The molecular weight excluding hydrogens is 277 g/mol. The van der Waals surface area contributed by atoms with Gasteiger partial charge in [-0.1, -0.05) is 6.07 Å². The molecule has 0 bridgehead atoms.